The first-order chi connectivity index (χ1) is 6.29. The van der Waals surface area contributed by atoms with Crippen molar-refractivity contribution in [3.05, 3.63) is 29.1 Å². The fourth-order valence-electron chi connectivity index (χ4n) is 1.36. The molecule has 0 aliphatic heterocycles. The molecule has 14 heavy (non-hydrogen) atoms. The molecular weight excluding hydrogens is 181 g/mol. The first-order valence-electron chi connectivity index (χ1n) is 4.56. The highest BCUT2D eigenvalue weighted by molar-refractivity contribution is 5.36. The van der Waals surface area contributed by atoms with E-state index < -0.39 is 11.4 Å². The number of phenolic OH excluding ortho intramolecular Hbond substituents is 1. The minimum Gasteiger partial charge on any atom is -0.508 e. The monoisotopic (exact) mass is 197 g/mol. The van der Waals surface area contributed by atoms with Crippen LogP contribution in [0.3, 0.4) is 0 Å². The summed E-state index contributed by atoms with van der Waals surface area (Å²) in [5, 5.41) is 9.25. The predicted molar refractivity (Wildman–Crippen MR) is 54.8 cm³/mol. The molecule has 1 rings (SSSR count). The number of aryl methyl sites for hydroxylation is 1. The molecule has 0 saturated carbocycles. The van der Waals surface area contributed by atoms with E-state index in [2.05, 4.69) is 0 Å². The lowest BCUT2D eigenvalue weighted by Gasteiger charge is -2.19. The summed E-state index contributed by atoms with van der Waals surface area (Å²) in [7, 11) is 0. The summed E-state index contributed by atoms with van der Waals surface area (Å²) < 4.78 is 13.3. The van der Waals surface area contributed by atoms with Crippen LogP contribution >= 0.6 is 0 Å². The average Bonchev–Trinajstić information content (AvgIpc) is 1.97. The highest BCUT2D eigenvalue weighted by Gasteiger charge is 2.15. The molecule has 0 aliphatic rings. The first kappa shape index (κ1) is 11.0. The predicted octanol–water partition coefficient (Wildman–Crippen LogP) is 2.12. The molecule has 1 aromatic rings. The summed E-state index contributed by atoms with van der Waals surface area (Å²) >= 11 is 0. The van der Waals surface area contributed by atoms with Crippen LogP contribution in [0.1, 0.15) is 25.0 Å². The number of hydrogen-bond donors (Lipinski definition) is 2. The highest BCUT2D eigenvalue weighted by atomic mass is 19.1. The Balaban J connectivity index is 3.04. The zero-order valence-corrected chi connectivity index (χ0v) is 8.76. The summed E-state index contributed by atoms with van der Waals surface area (Å²) in [6, 6.07) is 2.77. The van der Waals surface area contributed by atoms with Gasteiger partial charge in [0.05, 0.1) is 0 Å². The second kappa shape index (κ2) is 3.58. The summed E-state index contributed by atoms with van der Waals surface area (Å²) in [4.78, 5) is 0. The van der Waals surface area contributed by atoms with E-state index in [0.717, 1.165) is 6.07 Å². The van der Waals surface area contributed by atoms with Gasteiger partial charge in [-0.25, -0.2) is 4.39 Å². The minimum atomic E-state index is -0.440. The van der Waals surface area contributed by atoms with Crippen LogP contribution < -0.4 is 5.73 Å². The van der Waals surface area contributed by atoms with Crippen LogP contribution in [-0.2, 0) is 6.42 Å². The Morgan fingerprint density at radius 2 is 2.00 bits per heavy atom. The average molecular weight is 197 g/mol. The largest absolute Gasteiger partial charge is 0.508 e. The van der Waals surface area contributed by atoms with Crippen molar-refractivity contribution in [2.24, 2.45) is 5.73 Å². The van der Waals surface area contributed by atoms with Gasteiger partial charge in [0.25, 0.3) is 0 Å². The van der Waals surface area contributed by atoms with Crippen LogP contribution in [0.5, 0.6) is 5.75 Å². The molecule has 3 N–H and O–H groups in total. The SMILES string of the molecule is Cc1cc(CC(C)(C)N)c(F)cc1O. The normalized spacial score (nSPS) is 11.8. The number of nitrogens with two attached hydrogens (primary N) is 1. The molecule has 3 heteroatoms. The summed E-state index contributed by atoms with van der Waals surface area (Å²) in [6.07, 6.45) is 0.458. The second-order valence-electron chi connectivity index (χ2n) is 4.40. The zero-order valence-electron chi connectivity index (χ0n) is 8.76. The Labute approximate surface area is 83.6 Å². The number of hydrogen-bond acceptors (Lipinski definition) is 2. The van der Waals surface area contributed by atoms with Crippen molar-refractivity contribution >= 4 is 0 Å². The van der Waals surface area contributed by atoms with E-state index in [0.29, 0.717) is 17.5 Å². The highest BCUT2D eigenvalue weighted by Crippen LogP contribution is 2.22. The molecule has 0 spiro atoms. The number of phenols is 1. The maximum Gasteiger partial charge on any atom is 0.130 e. The molecule has 0 unspecified atom stereocenters. The van der Waals surface area contributed by atoms with E-state index in [1.165, 1.54) is 0 Å². The fraction of sp³-hybridized carbons (Fsp3) is 0.455. The lowest BCUT2D eigenvalue weighted by Crippen LogP contribution is -2.34. The third kappa shape index (κ3) is 2.70. The number of aromatic hydroxyl groups is 1. The molecule has 2 nitrogen and oxygen atoms in total. The van der Waals surface area contributed by atoms with Crippen molar-refractivity contribution in [2.45, 2.75) is 32.7 Å². The molecule has 0 amide bonds. The van der Waals surface area contributed by atoms with Crippen molar-refractivity contribution in [1.82, 2.24) is 0 Å². The molecule has 78 valence electrons. The Morgan fingerprint density at radius 3 is 2.50 bits per heavy atom. The fourth-order valence-corrected chi connectivity index (χ4v) is 1.36. The lowest BCUT2D eigenvalue weighted by atomic mass is 9.95. The van der Waals surface area contributed by atoms with Crippen molar-refractivity contribution in [2.75, 3.05) is 0 Å². The van der Waals surface area contributed by atoms with Gasteiger partial charge in [0.1, 0.15) is 11.6 Å². The first-order valence-corrected chi connectivity index (χ1v) is 4.56. The van der Waals surface area contributed by atoms with Gasteiger partial charge in [-0.2, -0.15) is 0 Å². The molecule has 0 heterocycles. The van der Waals surface area contributed by atoms with Crippen molar-refractivity contribution in [1.29, 1.82) is 0 Å². The number of halogens is 1. The van der Waals surface area contributed by atoms with Crippen molar-refractivity contribution in [3.63, 3.8) is 0 Å². The van der Waals surface area contributed by atoms with Gasteiger partial charge in [0.2, 0.25) is 0 Å². The quantitative estimate of drug-likeness (QED) is 0.762. The minimum absolute atomic E-state index is 0.0129. The Hall–Kier alpha value is -1.09. The van der Waals surface area contributed by atoms with Crippen molar-refractivity contribution < 1.29 is 9.50 Å². The molecule has 1 aromatic carbocycles. The van der Waals surface area contributed by atoms with Crippen LogP contribution in [0.15, 0.2) is 12.1 Å². The molecular formula is C11H16FNO. The van der Waals surface area contributed by atoms with Gasteiger partial charge >= 0.3 is 0 Å². The van der Waals surface area contributed by atoms with Gasteiger partial charge in [0, 0.05) is 11.6 Å². The van der Waals surface area contributed by atoms with Gasteiger partial charge < -0.3 is 10.8 Å². The van der Waals surface area contributed by atoms with E-state index in [1.807, 2.05) is 13.8 Å². The Kier molecular flexibility index (Phi) is 2.81. The van der Waals surface area contributed by atoms with Crippen LogP contribution in [0.4, 0.5) is 4.39 Å². The second-order valence-corrected chi connectivity index (χ2v) is 4.40. The topological polar surface area (TPSA) is 46.2 Å². The van der Waals surface area contributed by atoms with E-state index in [9.17, 15) is 9.50 Å². The van der Waals surface area contributed by atoms with Gasteiger partial charge in [-0.1, -0.05) is 0 Å². The Morgan fingerprint density at radius 1 is 1.43 bits per heavy atom. The van der Waals surface area contributed by atoms with Gasteiger partial charge in [-0.05, 0) is 44.4 Å². The zero-order chi connectivity index (χ0) is 10.9. The maximum absolute atomic E-state index is 13.3. The lowest BCUT2D eigenvalue weighted by molar-refractivity contribution is 0.457. The maximum atomic E-state index is 13.3. The van der Waals surface area contributed by atoms with Crippen molar-refractivity contribution in [3.8, 4) is 5.75 Å². The molecule has 0 saturated heterocycles. The van der Waals surface area contributed by atoms with E-state index >= 15 is 0 Å². The summed E-state index contributed by atoms with van der Waals surface area (Å²) in [6.45, 7) is 5.42. The third-order valence-corrected chi connectivity index (χ3v) is 2.01. The van der Waals surface area contributed by atoms with Crippen LogP contribution in [-0.4, -0.2) is 10.6 Å². The van der Waals surface area contributed by atoms with E-state index in [4.69, 9.17) is 5.73 Å². The van der Waals surface area contributed by atoms with Crippen LogP contribution in [0.2, 0.25) is 0 Å². The van der Waals surface area contributed by atoms with E-state index in [-0.39, 0.29) is 5.75 Å². The molecule has 0 bridgehead atoms. The third-order valence-electron chi connectivity index (χ3n) is 2.01. The van der Waals surface area contributed by atoms with Gasteiger partial charge in [0.15, 0.2) is 0 Å². The van der Waals surface area contributed by atoms with Crippen LogP contribution in [0.25, 0.3) is 0 Å². The Bertz CT molecular complexity index is 342. The smallest absolute Gasteiger partial charge is 0.130 e. The van der Waals surface area contributed by atoms with Gasteiger partial charge in [-0.15, -0.1) is 0 Å². The molecule has 0 radical (unpaired) electrons. The molecule has 0 aromatic heterocycles. The summed E-state index contributed by atoms with van der Waals surface area (Å²) in [5.41, 5.74) is 6.58. The molecule has 0 aliphatic carbocycles. The number of benzene rings is 1. The molecule has 0 atom stereocenters. The standard InChI is InChI=1S/C11H16FNO/c1-7-4-8(6-11(2,3)13)9(12)5-10(7)14/h4-5,14H,6,13H2,1-3H3. The van der Waals surface area contributed by atoms with E-state index in [1.54, 1.807) is 13.0 Å². The van der Waals surface area contributed by atoms with Gasteiger partial charge in [-0.3, -0.25) is 0 Å². The number of rotatable bonds is 2. The molecule has 0 fully saturated rings. The van der Waals surface area contributed by atoms with Crippen LogP contribution in [0, 0.1) is 12.7 Å². The summed E-state index contributed by atoms with van der Waals surface area (Å²) in [5.74, 6) is -0.410.